The van der Waals surface area contributed by atoms with Crippen LogP contribution in [0.2, 0.25) is 10.0 Å². The van der Waals surface area contributed by atoms with Crippen LogP contribution in [-0.4, -0.2) is 5.91 Å². The standard InChI is InChI=1S/C9H4BrCl2I2NO/c10-8(14)7(13)9(16)15-6-2-1-4(11)3-5(6)12/h1-3H,(H,15,16)/b8-7-. The molecule has 0 heterocycles. The summed E-state index contributed by atoms with van der Waals surface area (Å²) in [4.78, 5) is 11.7. The number of hydrogen-bond acceptors (Lipinski definition) is 1. The highest BCUT2D eigenvalue weighted by molar-refractivity contribution is 14.1. The van der Waals surface area contributed by atoms with E-state index in [1.807, 2.05) is 45.2 Å². The summed E-state index contributed by atoms with van der Waals surface area (Å²) >= 11 is 18.9. The Hall–Kier alpha value is 0.950. The van der Waals surface area contributed by atoms with Crippen LogP contribution < -0.4 is 5.32 Å². The van der Waals surface area contributed by atoms with Crippen molar-refractivity contribution < 1.29 is 4.79 Å². The average Bonchev–Trinajstić information content (AvgIpc) is 2.20. The van der Waals surface area contributed by atoms with E-state index in [0.29, 0.717) is 19.3 Å². The Morgan fingerprint density at radius 2 is 1.94 bits per heavy atom. The van der Waals surface area contributed by atoms with Gasteiger partial charge in [-0.05, 0) is 79.3 Å². The van der Waals surface area contributed by atoms with Crippen molar-refractivity contribution in [3.05, 3.63) is 34.3 Å². The van der Waals surface area contributed by atoms with Gasteiger partial charge >= 0.3 is 0 Å². The maximum Gasteiger partial charge on any atom is 0.263 e. The van der Waals surface area contributed by atoms with Crippen LogP contribution in [0, 0.1) is 0 Å². The number of carbonyl (C=O) groups is 1. The molecule has 2 nitrogen and oxygen atoms in total. The number of anilines is 1. The smallest absolute Gasteiger partial charge is 0.263 e. The number of hydrogen-bond donors (Lipinski definition) is 1. The summed E-state index contributed by atoms with van der Waals surface area (Å²) in [7, 11) is 0. The summed E-state index contributed by atoms with van der Waals surface area (Å²) in [6, 6.07) is 4.90. The van der Waals surface area contributed by atoms with Crippen molar-refractivity contribution in [2.45, 2.75) is 0 Å². The van der Waals surface area contributed by atoms with Crippen LogP contribution in [0.5, 0.6) is 0 Å². The van der Waals surface area contributed by atoms with Crippen LogP contribution in [-0.2, 0) is 4.79 Å². The Morgan fingerprint density at radius 3 is 2.44 bits per heavy atom. The summed E-state index contributed by atoms with van der Waals surface area (Å²) in [5, 5.41) is 3.63. The molecule has 0 saturated heterocycles. The predicted octanol–water partition coefficient (Wildman–Crippen LogP) is 5.37. The molecule has 7 heteroatoms. The first kappa shape index (κ1) is 15.0. The minimum Gasteiger partial charge on any atom is -0.320 e. The van der Waals surface area contributed by atoms with E-state index < -0.39 is 0 Å². The highest BCUT2D eigenvalue weighted by Crippen LogP contribution is 2.29. The average molecular weight is 547 g/mol. The zero-order valence-corrected chi connectivity index (χ0v) is 14.9. The molecular formula is C9H4BrCl2I2NO. The molecule has 16 heavy (non-hydrogen) atoms. The highest BCUT2D eigenvalue weighted by Gasteiger charge is 2.11. The lowest BCUT2D eigenvalue weighted by Crippen LogP contribution is -2.11. The largest absolute Gasteiger partial charge is 0.320 e. The molecule has 0 aliphatic heterocycles. The third-order valence-corrected chi connectivity index (χ3v) is 5.83. The van der Waals surface area contributed by atoms with Crippen molar-refractivity contribution in [1.82, 2.24) is 0 Å². The van der Waals surface area contributed by atoms with E-state index in [9.17, 15) is 4.79 Å². The van der Waals surface area contributed by atoms with Crippen molar-refractivity contribution in [2.75, 3.05) is 5.32 Å². The Morgan fingerprint density at radius 1 is 1.31 bits per heavy atom. The molecule has 0 aromatic heterocycles. The van der Waals surface area contributed by atoms with Gasteiger partial charge in [-0.1, -0.05) is 23.2 Å². The fourth-order valence-corrected chi connectivity index (χ4v) is 1.87. The van der Waals surface area contributed by atoms with Crippen molar-refractivity contribution in [1.29, 1.82) is 0 Å². The number of rotatable bonds is 2. The van der Waals surface area contributed by atoms with Gasteiger partial charge in [0.05, 0.1) is 16.8 Å². The molecule has 0 saturated carbocycles. The second kappa shape index (κ2) is 6.77. The van der Waals surface area contributed by atoms with E-state index in [1.54, 1.807) is 18.2 Å². The van der Waals surface area contributed by atoms with Gasteiger partial charge in [0.25, 0.3) is 5.91 Å². The van der Waals surface area contributed by atoms with Crippen LogP contribution >= 0.6 is 84.3 Å². The molecule has 1 aromatic rings. The first-order valence-corrected chi connectivity index (χ1v) is 7.59. The molecule has 1 aromatic carbocycles. The van der Waals surface area contributed by atoms with Crippen LogP contribution in [0.4, 0.5) is 5.69 Å². The lowest BCUT2D eigenvalue weighted by Gasteiger charge is -2.07. The second-order valence-corrected chi connectivity index (χ2v) is 7.93. The SMILES string of the molecule is O=C(Nc1ccc(Cl)cc1Cl)/C(I)=C(\Br)I. The fraction of sp³-hybridized carbons (Fsp3) is 0. The maximum atomic E-state index is 11.7. The fourth-order valence-electron chi connectivity index (χ4n) is 0.854. The van der Waals surface area contributed by atoms with E-state index in [2.05, 4.69) is 21.2 Å². The first-order valence-electron chi connectivity index (χ1n) is 3.89. The van der Waals surface area contributed by atoms with Gasteiger partial charge in [-0.2, -0.15) is 0 Å². The lowest BCUT2D eigenvalue weighted by atomic mass is 10.3. The number of amides is 1. The molecule has 0 unspecified atom stereocenters. The van der Waals surface area contributed by atoms with Gasteiger partial charge in [-0.3, -0.25) is 4.79 Å². The predicted molar refractivity (Wildman–Crippen MR) is 89.1 cm³/mol. The molecule has 1 N–H and O–H groups in total. The van der Waals surface area contributed by atoms with Gasteiger partial charge in [0.1, 0.15) is 0 Å². The first-order chi connectivity index (χ1) is 7.41. The lowest BCUT2D eigenvalue weighted by molar-refractivity contribution is -0.112. The molecule has 1 amide bonds. The molecule has 0 atom stereocenters. The Labute approximate surface area is 139 Å². The topological polar surface area (TPSA) is 29.1 Å². The van der Waals surface area contributed by atoms with Crippen LogP contribution in [0.3, 0.4) is 0 Å². The number of halogens is 5. The third kappa shape index (κ3) is 4.32. The molecule has 1 rings (SSSR count). The van der Waals surface area contributed by atoms with Gasteiger partial charge in [-0.15, -0.1) is 0 Å². The molecule has 0 aliphatic carbocycles. The van der Waals surface area contributed by atoms with E-state index in [0.717, 1.165) is 2.49 Å². The summed E-state index contributed by atoms with van der Waals surface area (Å²) < 4.78 is 1.30. The zero-order valence-electron chi connectivity index (χ0n) is 7.53. The molecular weight excluding hydrogens is 543 g/mol. The summed E-state index contributed by atoms with van der Waals surface area (Å²) in [6.45, 7) is 0. The van der Waals surface area contributed by atoms with E-state index in [4.69, 9.17) is 23.2 Å². The van der Waals surface area contributed by atoms with Crippen molar-refractivity contribution in [3.8, 4) is 0 Å². The third-order valence-electron chi connectivity index (χ3n) is 1.54. The highest BCUT2D eigenvalue weighted by atomic mass is 127. The number of benzene rings is 1. The van der Waals surface area contributed by atoms with Crippen molar-refractivity contribution in [2.24, 2.45) is 0 Å². The molecule has 0 fully saturated rings. The summed E-state index contributed by atoms with van der Waals surface area (Å²) in [6.07, 6.45) is 0. The van der Waals surface area contributed by atoms with E-state index >= 15 is 0 Å². The van der Waals surface area contributed by atoms with Gasteiger partial charge in [0, 0.05) is 5.02 Å². The van der Waals surface area contributed by atoms with Gasteiger partial charge in [-0.25, -0.2) is 0 Å². The van der Waals surface area contributed by atoms with Crippen molar-refractivity contribution >= 4 is 95.9 Å². The zero-order chi connectivity index (χ0) is 12.3. The molecule has 0 aliphatic rings. The van der Waals surface area contributed by atoms with Crippen LogP contribution in [0.1, 0.15) is 0 Å². The monoisotopic (exact) mass is 545 g/mol. The molecule has 86 valence electrons. The Balaban J connectivity index is 2.90. The van der Waals surface area contributed by atoms with E-state index in [1.165, 1.54) is 0 Å². The minimum absolute atomic E-state index is 0.217. The van der Waals surface area contributed by atoms with Crippen LogP contribution in [0.15, 0.2) is 24.3 Å². The number of carbonyl (C=O) groups excluding carboxylic acids is 1. The summed E-state index contributed by atoms with van der Waals surface area (Å²) in [5.41, 5.74) is 0.537. The van der Waals surface area contributed by atoms with Gasteiger partial charge < -0.3 is 5.32 Å². The minimum atomic E-state index is -0.217. The molecule has 0 bridgehead atoms. The molecule has 0 spiro atoms. The van der Waals surface area contributed by atoms with Crippen molar-refractivity contribution in [3.63, 3.8) is 0 Å². The summed E-state index contributed by atoms with van der Waals surface area (Å²) in [5.74, 6) is -0.217. The van der Waals surface area contributed by atoms with Gasteiger partial charge in [0.15, 0.2) is 0 Å². The molecule has 0 radical (unpaired) electrons. The Kier molecular flexibility index (Phi) is 6.35. The second-order valence-electron chi connectivity index (χ2n) is 2.65. The maximum absolute atomic E-state index is 11.7. The normalized spacial score (nSPS) is 12.1. The Bertz CT molecular complexity index is 461. The van der Waals surface area contributed by atoms with Crippen LogP contribution in [0.25, 0.3) is 0 Å². The number of nitrogens with one attached hydrogen (secondary N) is 1. The van der Waals surface area contributed by atoms with Gasteiger partial charge in [0.2, 0.25) is 0 Å². The quantitative estimate of drug-likeness (QED) is 0.393. The van der Waals surface area contributed by atoms with E-state index in [-0.39, 0.29) is 5.91 Å².